The lowest BCUT2D eigenvalue weighted by Crippen LogP contribution is -2.19. The zero-order valence-electron chi connectivity index (χ0n) is 10.7. The molecule has 1 aromatic heterocycles. The van der Waals surface area contributed by atoms with Crippen molar-refractivity contribution in [3.63, 3.8) is 0 Å². The Labute approximate surface area is 112 Å². The molecule has 1 N–H and O–H groups in total. The van der Waals surface area contributed by atoms with Gasteiger partial charge in [-0.25, -0.2) is 0 Å². The van der Waals surface area contributed by atoms with E-state index >= 15 is 0 Å². The van der Waals surface area contributed by atoms with Gasteiger partial charge < -0.3 is 4.74 Å². The van der Waals surface area contributed by atoms with E-state index in [1.807, 2.05) is 36.4 Å². The minimum absolute atomic E-state index is 0.365. The minimum Gasteiger partial charge on any atom is -0.497 e. The normalized spacial score (nSPS) is 11.6. The Balaban J connectivity index is 2.06. The maximum absolute atomic E-state index is 9.25. The molecule has 2 aromatic rings. The van der Waals surface area contributed by atoms with Crippen LogP contribution in [-0.2, 0) is 6.54 Å². The number of nitrogens with zero attached hydrogens (tertiary/aromatic N) is 2. The van der Waals surface area contributed by atoms with Crippen molar-refractivity contribution in [2.24, 2.45) is 0 Å². The van der Waals surface area contributed by atoms with Crippen LogP contribution in [0.1, 0.15) is 17.2 Å². The largest absolute Gasteiger partial charge is 0.497 e. The lowest BCUT2D eigenvalue weighted by atomic mass is 10.1. The van der Waals surface area contributed by atoms with Gasteiger partial charge in [0.1, 0.15) is 11.8 Å². The summed E-state index contributed by atoms with van der Waals surface area (Å²) in [5.74, 6) is 0.751. The van der Waals surface area contributed by atoms with Gasteiger partial charge in [-0.1, -0.05) is 18.2 Å². The molecule has 0 fully saturated rings. The van der Waals surface area contributed by atoms with Crippen LogP contribution in [0.3, 0.4) is 0 Å². The number of hydrogen-bond acceptors (Lipinski definition) is 4. The lowest BCUT2D eigenvalue weighted by molar-refractivity contribution is 0.413. The highest BCUT2D eigenvalue weighted by Gasteiger charge is 2.10. The van der Waals surface area contributed by atoms with Crippen molar-refractivity contribution in [1.29, 1.82) is 5.26 Å². The van der Waals surface area contributed by atoms with Gasteiger partial charge in [-0.2, -0.15) is 5.26 Å². The number of pyridine rings is 1. The fraction of sp³-hybridized carbons (Fsp3) is 0.200. The number of ether oxygens (including phenoxy) is 1. The Bertz CT molecular complexity index is 563. The van der Waals surface area contributed by atoms with Crippen LogP contribution in [0.15, 0.2) is 48.8 Å². The van der Waals surface area contributed by atoms with Crippen molar-refractivity contribution in [3.8, 4) is 11.8 Å². The molecule has 0 bridgehead atoms. The third-order valence-electron chi connectivity index (χ3n) is 2.79. The van der Waals surface area contributed by atoms with Crippen molar-refractivity contribution in [1.82, 2.24) is 10.3 Å². The third kappa shape index (κ3) is 3.54. The lowest BCUT2D eigenvalue weighted by Gasteiger charge is -2.12. The van der Waals surface area contributed by atoms with Gasteiger partial charge in [0.25, 0.3) is 0 Å². The van der Waals surface area contributed by atoms with Gasteiger partial charge in [-0.15, -0.1) is 0 Å². The van der Waals surface area contributed by atoms with Crippen molar-refractivity contribution >= 4 is 0 Å². The summed E-state index contributed by atoms with van der Waals surface area (Å²) >= 11 is 0. The topological polar surface area (TPSA) is 57.9 Å². The summed E-state index contributed by atoms with van der Waals surface area (Å²) in [6, 6.07) is 13.3. The second kappa shape index (κ2) is 6.53. The molecular weight excluding hydrogens is 238 g/mol. The van der Waals surface area contributed by atoms with Gasteiger partial charge in [0.2, 0.25) is 0 Å². The maximum atomic E-state index is 9.25. The molecule has 1 unspecified atom stereocenters. The first-order valence-corrected chi connectivity index (χ1v) is 5.99. The number of rotatable bonds is 5. The monoisotopic (exact) mass is 253 g/mol. The molecule has 1 aromatic carbocycles. The zero-order chi connectivity index (χ0) is 13.5. The quantitative estimate of drug-likeness (QED) is 0.889. The van der Waals surface area contributed by atoms with E-state index in [-0.39, 0.29) is 6.04 Å². The Morgan fingerprint density at radius 1 is 1.37 bits per heavy atom. The molecule has 4 nitrogen and oxygen atoms in total. The molecule has 0 radical (unpaired) electrons. The highest BCUT2D eigenvalue weighted by molar-refractivity contribution is 5.33. The van der Waals surface area contributed by atoms with Crippen molar-refractivity contribution < 1.29 is 4.74 Å². The predicted octanol–water partition coefficient (Wildman–Crippen LogP) is 2.44. The van der Waals surface area contributed by atoms with E-state index < -0.39 is 0 Å². The predicted molar refractivity (Wildman–Crippen MR) is 72.4 cm³/mol. The van der Waals surface area contributed by atoms with Crippen LogP contribution < -0.4 is 10.1 Å². The number of nitriles is 1. The molecule has 0 aliphatic heterocycles. The van der Waals surface area contributed by atoms with Crippen molar-refractivity contribution in [3.05, 3.63) is 59.9 Å². The molecule has 0 aliphatic carbocycles. The molecule has 0 saturated carbocycles. The average Bonchev–Trinajstić information content (AvgIpc) is 2.49. The van der Waals surface area contributed by atoms with E-state index in [2.05, 4.69) is 16.4 Å². The van der Waals surface area contributed by atoms with E-state index in [1.54, 1.807) is 19.5 Å². The summed E-state index contributed by atoms with van der Waals surface area (Å²) in [6.07, 6.45) is 3.51. The van der Waals surface area contributed by atoms with E-state index in [4.69, 9.17) is 4.74 Å². The SMILES string of the molecule is COc1cccc(C(C#N)NCc2cccnc2)c1. The van der Waals surface area contributed by atoms with Gasteiger partial charge in [-0.3, -0.25) is 10.3 Å². The van der Waals surface area contributed by atoms with Crippen molar-refractivity contribution in [2.75, 3.05) is 7.11 Å². The molecular formula is C15H15N3O. The van der Waals surface area contributed by atoms with E-state index in [0.717, 1.165) is 16.9 Å². The summed E-state index contributed by atoms with van der Waals surface area (Å²) < 4.78 is 5.17. The Kier molecular flexibility index (Phi) is 4.49. The third-order valence-corrected chi connectivity index (χ3v) is 2.79. The smallest absolute Gasteiger partial charge is 0.121 e. The molecule has 0 amide bonds. The summed E-state index contributed by atoms with van der Waals surface area (Å²) in [4.78, 5) is 4.05. The van der Waals surface area contributed by atoms with Crippen LogP contribution >= 0.6 is 0 Å². The fourth-order valence-corrected chi connectivity index (χ4v) is 1.78. The Morgan fingerprint density at radius 3 is 2.95 bits per heavy atom. The summed E-state index contributed by atoms with van der Waals surface area (Å²) in [6.45, 7) is 0.600. The second-order valence-corrected chi connectivity index (χ2v) is 4.08. The van der Waals surface area contributed by atoms with E-state index in [9.17, 15) is 5.26 Å². The average molecular weight is 253 g/mol. The Hall–Kier alpha value is -2.38. The number of methoxy groups -OCH3 is 1. The van der Waals surface area contributed by atoms with Gasteiger partial charge in [0.15, 0.2) is 0 Å². The summed E-state index contributed by atoms with van der Waals surface area (Å²) in [5, 5.41) is 12.4. The van der Waals surface area contributed by atoms with E-state index in [1.165, 1.54) is 0 Å². The first kappa shape index (κ1) is 13.1. The standard InChI is InChI=1S/C15H15N3O/c1-19-14-6-2-5-13(8-14)15(9-16)18-11-12-4-3-7-17-10-12/h2-8,10,15,18H,11H2,1H3. The molecule has 96 valence electrons. The zero-order valence-corrected chi connectivity index (χ0v) is 10.7. The molecule has 0 aliphatic rings. The first-order chi connectivity index (χ1) is 9.33. The van der Waals surface area contributed by atoms with Crippen LogP contribution in [0.5, 0.6) is 5.75 Å². The van der Waals surface area contributed by atoms with Crippen LogP contribution in [0, 0.1) is 11.3 Å². The fourth-order valence-electron chi connectivity index (χ4n) is 1.78. The van der Waals surface area contributed by atoms with Crippen LogP contribution in [0.4, 0.5) is 0 Å². The minimum atomic E-state index is -0.365. The number of nitrogens with one attached hydrogen (secondary N) is 1. The molecule has 0 spiro atoms. The number of hydrogen-bond donors (Lipinski definition) is 1. The first-order valence-electron chi connectivity index (χ1n) is 5.99. The summed E-state index contributed by atoms with van der Waals surface area (Å²) in [5.41, 5.74) is 1.94. The Morgan fingerprint density at radius 2 is 2.26 bits per heavy atom. The molecule has 19 heavy (non-hydrogen) atoms. The maximum Gasteiger partial charge on any atom is 0.121 e. The highest BCUT2D eigenvalue weighted by Crippen LogP contribution is 2.19. The van der Waals surface area contributed by atoms with Crippen LogP contribution in [0.2, 0.25) is 0 Å². The van der Waals surface area contributed by atoms with E-state index in [0.29, 0.717) is 6.54 Å². The molecule has 2 rings (SSSR count). The van der Waals surface area contributed by atoms with Crippen LogP contribution in [0.25, 0.3) is 0 Å². The number of aromatic nitrogens is 1. The van der Waals surface area contributed by atoms with Crippen molar-refractivity contribution in [2.45, 2.75) is 12.6 Å². The summed E-state index contributed by atoms with van der Waals surface area (Å²) in [7, 11) is 1.61. The molecule has 1 atom stereocenters. The highest BCUT2D eigenvalue weighted by atomic mass is 16.5. The molecule has 0 saturated heterocycles. The molecule has 1 heterocycles. The number of benzene rings is 1. The van der Waals surface area contributed by atoms with Gasteiger partial charge >= 0.3 is 0 Å². The van der Waals surface area contributed by atoms with Crippen LogP contribution in [-0.4, -0.2) is 12.1 Å². The van der Waals surface area contributed by atoms with Gasteiger partial charge in [-0.05, 0) is 29.3 Å². The van der Waals surface area contributed by atoms with Gasteiger partial charge in [0, 0.05) is 18.9 Å². The van der Waals surface area contributed by atoms with Gasteiger partial charge in [0.05, 0.1) is 13.2 Å². The molecule has 4 heteroatoms. The second-order valence-electron chi connectivity index (χ2n) is 4.08.